The van der Waals surface area contributed by atoms with Crippen LogP contribution in [0.2, 0.25) is 5.15 Å². The predicted octanol–water partition coefficient (Wildman–Crippen LogP) is 1.54. The number of halogens is 1. The normalized spacial score (nSPS) is 20.0. The highest BCUT2D eigenvalue weighted by atomic mass is 35.5. The Labute approximate surface area is 105 Å². The lowest BCUT2D eigenvalue weighted by Crippen LogP contribution is -2.33. The fourth-order valence-electron chi connectivity index (χ4n) is 1.46. The highest BCUT2D eigenvalue weighted by molar-refractivity contribution is 6.29. The van der Waals surface area contributed by atoms with Crippen LogP contribution >= 0.6 is 11.6 Å². The molecule has 1 aliphatic heterocycles. The Morgan fingerprint density at radius 3 is 3.06 bits per heavy atom. The van der Waals surface area contributed by atoms with Gasteiger partial charge in [0.15, 0.2) is 0 Å². The molecule has 0 aliphatic carbocycles. The van der Waals surface area contributed by atoms with Crippen LogP contribution < -0.4 is 9.47 Å². The topological polar surface area (TPSA) is 49.8 Å². The van der Waals surface area contributed by atoms with Crippen molar-refractivity contribution in [2.75, 3.05) is 33.5 Å². The molecular weight excluding hydrogens is 246 g/mol. The van der Waals surface area contributed by atoms with Crippen molar-refractivity contribution in [2.24, 2.45) is 0 Å². The molecule has 2 heterocycles. The van der Waals surface area contributed by atoms with Crippen molar-refractivity contribution in [3.8, 4) is 11.6 Å². The molecule has 5 nitrogen and oxygen atoms in total. The van der Waals surface area contributed by atoms with Crippen LogP contribution in [-0.4, -0.2) is 44.6 Å². The van der Waals surface area contributed by atoms with Crippen LogP contribution in [0.3, 0.4) is 0 Å². The summed E-state index contributed by atoms with van der Waals surface area (Å²) in [6.07, 6.45) is -0.0401. The summed E-state index contributed by atoms with van der Waals surface area (Å²) in [4.78, 5) is 3.95. The molecule has 94 valence electrons. The maximum Gasteiger partial charge on any atom is 0.218 e. The smallest absolute Gasteiger partial charge is 0.218 e. The minimum Gasteiger partial charge on any atom is -0.490 e. The molecule has 1 aliphatic rings. The van der Waals surface area contributed by atoms with Crippen LogP contribution in [0.5, 0.6) is 11.6 Å². The van der Waals surface area contributed by atoms with Gasteiger partial charge in [-0.25, -0.2) is 4.98 Å². The number of nitrogens with zero attached hydrogens (tertiary/aromatic N) is 1. The third-order valence-electron chi connectivity index (χ3n) is 2.27. The zero-order chi connectivity index (χ0) is 12.1. The van der Waals surface area contributed by atoms with Crippen molar-refractivity contribution >= 4 is 11.6 Å². The number of aromatic nitrogens is 1. The molecule has 1 saturated heterocycles. The summed E-state index contributed by atoms with van der Waals surface area (Å²) in [7, 11) is 1.53. The SMILES string of the molecule is COc1cc(OCC2COCCO2)cc(Cl)n1. The van der Waals surface area contributed by atoms with E-state index in [1.54, 1.807) is 12.1 Å². The first-order valence-corrected chi connectivity index (χ1v) is 5.69. The average molecular weight is 260 g/mol. The highest BCUT2D eigenvalue weighted by Crippen LogP contribution is 2.22. The van der Waals surface area contributed by atoms with Crippen LogP contribution in [0, 0.1) is 0 Å². The van der Waals surface area contributed by atoms with Crippen molar-refractivity contribution < 1.29 is 18.9 Å². The molecule has 6 heteroatoms. The van der Waals surface area contributed by atoms with E-state index in [2.05, 4.69) is 4.98 Å². The summed E-state index contributed by atoms with van der Waals surface area (Å²) in [5.74, 6) is 1.03. The van der Waals surface area contributed by atoms with E-state index in [4.69, 9.17) is 30.5 Å². The summed E-state index contributed by atoms with van der Waals surface area (Å²) < 4.78 is 21.3. The number of methoxy groups -OCH3 is 1. The van der Waals surface area contributed by atoms with Gasteiger partial charge in [0.25, 0.3) is 0 Å². The van der Waals surface area contributed by atoms with Gasteiger partial charge in [-0.3, -0.25) is 0 Å². The van der Waals surface area contributed by atoms with Crippen LogP contribution in [-0.2, 0) is 9.47 Å². The van der Waals surface area contributed by atoms with Crippen LogP contribution in [0.25, 0.3) is 0 Å². The molecule has 0 aromatic carbocycles. The van der Waals surface area contributed by atoms with E-state index >= 15 is 0 Å². The second-order valence-corrected chi connectivity index (χ2v) is 3.93. The molecule has 1 unspecified atom stereocenters. The molecular formula is C11H14ClNO4. The second kappa shape index (κ2) is 6.05. The Kier molecular flexibility index (Phi) is 4.42. The van der Waals surface area contributed by atoms with Crippen molar-refractivity contribution in [1.29, 1.82) is 0 Å². The number of pyridine rings is 1. The molecule has 1 fully saturated rings. The van der Waals surface area contributed by atoms with Crippen LogP contribution in [0.15, 0.2) is 12.1 Å². The fourth-order valence-corrected chi connectivity index (χ4v) is 1.65. The Morgan fingerprint density at radius 2 is 2.35 bits per heavy atom. The Morgan fingerprint density at radius 1 is 1.47 bits per heavy atom. The first kappa shape index (κ1) is 12.4. The molecule has 17 heavy (non-hydrogen) atoms. The minimum atomic E-state index is -0.0401. The summed E-state index contributed by atoms with van der Waals surface area (Å²) >= 11 is 5.82. The molecule has 0 amide bonds. The Hall–Kier alpha value is -1.04. The van der Waals surface area contributed by atoms with E-state index < -0.39 is 0 Å². The quantitative estimate of drug-likeness (QED) is 0.768. The van der Waals surface area contributed by atoms with Crippen LogP contribution in [0.1, 0.15) is 0 Å². The predicted molar refractivity (Wildman–Crippen MR) is 61.9 cm³/mol. The largest absolute Gasteiger partial charge is 0.490 e. The zero-order valence-electron chi connectivity index (χ0n) is 9.52. The van der Waals surface area contributed by atoms with Crippen molar-refractivity contribution in [1.82, 2.24) is 4.98 Å². The van der Waals surface area contributed by atoms with Gasteiger partial charge in [-0.05, 0) is 0 Å². The standard InChI is InChI=1S/C11H14ClNO4/c1-14-11-5-8(4-10(12)13-11)17-7-9-6-15-2-3-16-9/h4-5,9H,2-3,6-7H2,1H3. The van der Waals surface area contributed by atoms with Gasteiger partial charge in [-0.2, -0.15) is 0 Å². The van der Waals surface area contributed by atoms with E-state index in [0.29, 0.717) is 43.2 Å². The first-order chi connectivity index (χ1) is 8.28. The molecule has 0 bridgehead atoms. The molecule has 0 radical (unpaired) electrons. The third kappa shape index (κ3) is 3.73. The van der Waals surface area contributed by atoms with E-state index in [1.807, 2.05) is 0 Å². The van der Waals surface area contributed by atoms with Gasteiger partial charge in [-0.1, -0.05) is 11.6 Å². The lowest BCUT2D eigenvalue weighted by Gasteiger charge is -2.22. The Balaban J connectivity index is 1.91. The number of hydrogen-bond donors (Lipinski definition) is 0. The van der Waals surface area contributed by atoms with E-state index in [0.717, 1.165) is 0 Å². The van der Waals surface area contributed by atoms with Crippen molar-refractivity contribution in [3.63, 3.8) is 0 Å². The van der Waals surface area contributed by atoms with Gasteiger partial charge in [0.2, 0.25) is 5.88 Å². The molecule has 2 rings (SSSR count). The van der Waals surface area contributed by atoms with Crippen molar-refractivity contribution in [2.45, 2.75) is 6.10 Å². The maximum atomic E-state index is 5.82. The zero-order valence-corrected chi connectivity index (χ0v) is 10.3. The van der Waals surface area contributed by atoms with E-state index in [1.165, 1.54) is 7.11 Å². The van der Waals surface area contributed by atoms with Crippen LogP contribution in [0.4, 0.5) is 0 Å². The molecule has 0 N–H and O–H groups in total. The van der Waals surface area contributed by atoms with Crippen molar-refractivity contribution in [3.05, 3.63) is 17.3 Å². The molecule has 0 saturated carbocycles. The maximum absolute atomic E-state index is 5.82. The van der Waals surface area contributed by atoms with E-state index in [9.17, 15) is 0 Å². The highest BCUT2D eigenvalue weighted by Gasteiger charge is 2.15. The number of ether oxygens (including phenoxy) is 4. The summed E-state index contributed by atoms with van der Waals surface area (Å²) in [6.45, 7) is 2.22. The third-order valence-corrected chi connectivity index (χ3v) is 2.47. The van der Waals surface area contributed by atoms with Gasteiger partial charge < -0.3 is 18.9 Å². The average Bonchev–Trinajstić information content (AvgIpc) is 2.37. The monoisotopic (exact) mass is 259 g/mol. The van der Waals surface area contributed by atoms with E-state index in [-0.39, 0.29) is 6.10 Å². The summed E-state index contributed by atoms with van der Waals surface area (Å²) in [5, 5.41) is 0.333. The lowest BCUT2D eigenvalue weighted by atomic mass is 10.3. The second-order valence-electron chi connectivity index (χ2n) is 3.55. The molecule has 0 spiro atoms. The Bertz CT molecular complexity index is 368. The summed E-state index contributed by atoms with van der Waals surface area (Å²) in [6, 6.07) is 3.31. The molecule has 1 aromatic rings. The first-order valence-electron chi connectivity index (χ1n) is 5.31. The number of hydrogen-bond acceptors (Lipinski definition) is 5. The van der Waals surface area contributed by atoms with Gasteiger partial charge in [-0.15, -0.1) is 0 Å². The molecule has 1 aromatic heterocycles. The minimum absolute atomic E-state index is 0.0401. The molecule has 1 atom stereocenters. The van der Waals surface area contributed by atoms with Gasteiger partial charge >= 0.3 is 0 Å². The lowest BCUT2D eigenvalue weighted by molar-refractivity contribution is -0.101. The summed E-state index contributed by atoms with van der Waals surface area (Å²) in [5.41, 5.74) is 0. The van der Waals surface area contributed by atoms with Gasteiger partial charge in [0, 0.05) is 12.1 Å². The fraction of sp³-hybridized carbons (Fsp3) is 0.545. The number of rotatable bonds is 4. The van der Waals surface area contributed by atoms with Gasteiger partial charge in [0.1, 0.15) is 23.6 Å². The van der Waals surface area contributed by atoms with Gasteiger partial charge in [0.05, 0.1) is 26.9 Å².